The van der Waals surface area contributed by atoms with Crippen LogP contribution in [0.25, 0.3) is 0 Å². The molecule has 3 heteroatoms. The molecule has 1 saturated heterocycles. The van der Waals surface area contributed by atoms with Gasteiger partial charge in [0.1, 0.15) is 0 Å². The number of rotatable bonds is 7. The molecule has 0 saturated carbocycles. The van der Waals surface area contributed by atoms with Gasteiger partial charge in [-0.1, -0.05) is 33.6 Å². The van der Waals surface area contributed by atoms with E-state index in [0.717, 1.165) is 39.0 Å². The van der Waals surface area contributed by atoms with Crippen LogP contribution >= 0.6 is 0 Å². The van der Waals surface area contributed by atoms with E-state index in [9.17, 15) is 4.79 Å². The van der Waals surface area contributed by atoms with Crippen molar-refractivity contribution in [3.8, 4) is 0 Å². The van der Waals surface area contributed by atoms with Crippen molar-refractivity contribution in [2.75, 3.05) is 32.7 Å². The number of hydrogen-bond acceptors (Lipinski definition) is 2. The number of carbonyl (C=O) groups is 1. The molecule has 0 aromatic carbocycles. The average Bonchev–Trinajstić information content (AvgIpc) is 2.41. The van der Waals surface area contributed by atoms with Crippen molar-refractivity contribution in [1.29, 1.82) is 0 Å². The maximum Gasteiger partial charge on any atom is 0.225 e. The van der Waals surface area contributed by atoms with Crippen LogP contribution in [0, 0.1) is 5.92 Å². The molecule has 0 atom stereocenters. The van der Waals surface area contributed by atoms with Crippen LogP contribution in [-0.2, 0) is 4.79 Å². The molecule has 1 aliphatic rings. The summed E-state index contributed by atoms with van der Waals surface area (Å²) in [4.78, 5) is 16.8. The molecule has 0 radical (unpaired) electrons. The van der Waals surface area contributed by atoms with E-state index in [1.807, 2.05) is 0 Å². The minimum Gasteiger partial charge on any atom is -0.340 e. The van der Waals surface area contributed by atoms with Gasteiger partial charge in [-0.15, -0.1) is 0 Å². The van der Waals surface area contributed by atoms with E-state index in [1.54, 1.807) is 0 Å². The van der Waals surface area contributed by atoms with E-state index in [4.69, 9.17) is 0 Å². The number of hydrogen-bond donors (Lipinski definition) is 0. The van der Waals surface area contributed by atoms with Gasteiger partial charge < -0.3 is 4.90 Å². The molecule has 1 amide bonds. The monoisotopic (exact) mass is 254 g/mol. The zero-order valence-corrected chi connectivity index (χ0v) is 12.5. The Morgan fingerprint density at radius 2 is 1.61 bits per heavy atom. The predicted octanol–water partition coefficient (Wildman–Crippen LogP) is 2.76. The SMILES string of the molecule is CCCCCN1CCN(C(=O)C(CC)CC)CC1. The zero-order valence-electron chi connectivity index (χ0n) is 12.5. The molecule has 0 unspecified atom stereocenters. The Morgan fingerprint density at radius 1 is 1.00 bits per heavy atom. The van der Waals surface area contributed by atoms with Crippen molar-refractivity contribution in [2.24, 2.45) is 5.92 Å². The Labute approximate surface area is 113 Å². The molecule has 1 heterocycles. The maximum absolute atomic E-state index is 12.2. The van der Waals surface area contributed by atoms with Crippen LogP contribution in [0.2, 0.25) is 0 Å². The molecule has 1 fully saturated rings. The molecule has 0 N–H and O–H groups in total. The van der Waals surface area contributed by atoms with Crippen LogP contribution in [0.4, 0.5) is 0 Å². The molecular weight excluding hydrogens is 224 g/mol. The van der Waals surface area contributed by atoms with Crippen molar-refractivity contribution in [1.82, 2.24) is 9.80 Å². The Bertz CT molecular complexity index is 231. The second-order valence-corrected chi connectivity index (χ2v) is 5.39. The van der Waals surface area contributed by atoms with Gasteiger partial charge in [0, 0.05) is 32.1 Å². The lowest BCUT2D eigenvalue weighted by Gasteiger charge is -2.36. The first kappa shape index (κ1) is 15.5. The smallest absolute Gasteiger partial charge is 0.225 e. The minimum atomic E-state index is 0.247. The molecule has 0 spiro atoms. The average molecular weight is 254 g/mol. The van der Waals surface area contributed by atoms with Gasteiger partial charge in [0.15, 0.2) is 0 Å². The highest BCUT2D eigenvalue weighted by atomic mass is 16.2. The van der Waals surface area contributed by atoms with E-state index < -0.39 is 0 Å². The van der Waals surface area contributed by atoms with Crippen LogP contribution < -0.4 is 0 Å². The summed E-state index contributed by atoms with van der Waals surface area (Å²) in [6.45, 7) is 11.7. The first-order valence-electron chi connectivity index (χ1n) is 7.74. The van der Waals surface area contributed by atoms with Crippen molar-refractivity contribution in [3.63, 3.8) is 0 Å². The molecule has 18 heavy (non-hydrogen) atoms. The van der Waals surface area contributed by atoms with Gasteiger partial charge in [0.25, 0.3) is 0 Å². The molecule has 0 aromatic heterocycles. The first-order chi connectivity index (χ1) is 8.72. The molecule has 106 valence electrons. The number of amides is 1. The van der Waals surface area contributed by atoms with Gasteiger partial charge in [0.2, 0.25) is 5.91 Å². The van der Waals surface area contributed by atoms with Crippen molar-refractivity contribution < 1.29 is 4.79 Å². The second-order valence-electron chi connectivity index (χ2n) is 5.39. The number of carbonyl (C=O) groups excluding carboxylic acids is 1. The van der Waals surface area contributed by atoms with Gasteiger partial charge in [0.05, 0.1) is 0 Å². The topological polar surface area (TPSA) is 23.6 Å². The van der Waals surface area contributed by atoms with Crippen molar-refractivity contribution in [2.45, 2.75) is 52.9 Å². The van der Waals surface area contributed by atoms with Crippen LogP contribution in [-0.4, -0.2) is 48.4 Å². The number of piperazine rings is 1. The lowest BCUT2D eigenvalue weighted by molar-refractivity contribution is -0.137. The number of nitrogens with zero attached hydrogens (tertiary/aromatic N) is 2. The van der Waals surface area contributed by atoms with Crippen molar-refractivity contribution >= 4 is 5.91 Å². The van der Waals surface area contributed by atoms with Gasteiger partial charge in [-0.25, -0.2) is 0 Å². The van der Waals surface area contributed by atoms with Crippen LogP contribution in [0.5, 0.6) is 0 Å². The molecule has 1 rings (SSSR count). The highest BCUT2D eigenvalue weighted by molar-refractivity contribution is 5.78. The summed E-state index contributed by atoms with van der Waals surface area (Å²) >= 11 is 0. The quantitative estimate of drug-likeness (QED) is 0.652. The normalized spacial score (nSPS) is 17.4. The number of unbranched alkanes of at least 4 members (excludes halogenated alkanes) is 2. The third-order valence-corrected chi connectivity index (χ3v) is 4.10. The molecule has 3 nitrogen and oxygen atoms in total. The van der Waals surface area contributed by atoms with Crippen molar-refractivity contribution in [3.05, 3.63) is 0 Å². The van der Waals surface area contributed by atoms with Crippen LogP contribution in [0.15, 0.2) is 0 Å². The Kier molecular flexibility index (Phi) is 7.33. The predicted molar refractivity (Wildman–Crippen MR) is 76.6 cm³/mol. The summed E-state index contributed by atoms with van der Waals surface area (Å²) in [7, 11) is 0. The van der Waals surface area contributed by atoms with E-state index in [-0.39, 0.29) is 5.92 Å². The minimum absolute atomic E-state index is 0.247. The van der Waals surface area contributed by atoms with E-state index in [1.165, 1.54) is 25.8 Å². The fourth-order valence-corrected chi connectivity index (χ4v) is 2.67. The van der Waals surface area contributed by atoms with Crippen LogP contribution in [0.3, 0.4) is 0 Å². The maximum atomic E-state index is 12.2. The lowest BCUT2D eigenvalue weighted by atomic mass is 10.0. The molecule has 0 bridgehead atoms. The Balaban J connectivity index is 2.28. The highest BCUT2D eigenvalue weighted by Gasteiger charge is 2.24. The van der Waals surface area contributed by atoms with Gasteiger partial charge in [-0.05, 0) is 25.8 Å². The van der Waals surface area contributed by atoms with Crippen LogP contribution in [0.1, 0.15) is 52.9 Å². The third kappa shape index (κ3) is 4.60. The fourth-order valence-electron chi connectivity index (χ4n) is 2.67. The van der Waals surface area contributed by atoms with Gasteiger partial charge in [-0.2, -0.15) is 0 Å². The summed E-state index contributed by atoms with van der Waals surface area (Å²) in [5.41, 5.74) is 0. The van der Waals surface area contributed by atoms with E-state index >= 15 is 0 Å². The van der Waals surface area contributed by atoms with Gasteiger partial charge in [-0.3, -0.25) is 9.69 Å². The molecular formula is C15H30N2O. The third-order valence-electron chi connectivity index (χ3n) is 4.10. The van der Waals surface area contributed by atoms with E-state index in [2.05, 4.69) is 30.6 Å². The molecule has 1 aliphatic heterocycles. The summed E-state index contributed by atoms with van der Waals surface area (Å²) in [5.74, 6) is 0.629. The van der Waals surface area contributed by atoms with E-state index in [0.29, 0.717) is 5.91 Å². The summed E-state index contributed by atoms with van der Waals surface area (Å²) < 4.78 is 0. The largest absolute Gasteiger partial charge is 0.340 e. The second kappa shape index (κ2) is 8.52. The van der Waals surface area contributed by atoms with Gasteiger partial charge >= 0.3 is 0 Å². The molecule has 0 aromatic rings. The molecule has 0 aliphatic carbocycles. The summed E-state index contributed by atoms with van der Waals surface area (Å²) in [6, 6.07) is 0. The Hall–Kier alpha value is -0.570. The summed E-state index contributed by atoms with van der Waals surface area (Å²) in [5, 5.41) is 0. The fraction of sp³-hybridized carbons (Fsp3) is 0.933. The highest BCUT2D eigenvalue weighted by Crippen LogP contribution is 2.14. The lowest BCUT2D eigenvalue weighted by Crippen LogP contribution is -2.50. The standard InChI is InChI=1S/C15H30N2O/c1-4-7-8-9-16-10-12-17(13-11-16)15(18)14(5-2)6-3/h14H,4-13H2,1-3H3. The Morgan fingerprint density at radius 3 is 2.11 bits per heavy atom. The summed E-state index contributed by atoms with van der Waals surface area (Å²) in [6.07, 6.45) is 5.87. The zero-order chi connectivity index (χ0) is 13.4. The first-order valence-corrected chi connectivity index (χ1v) is 7.74.